The summed E-state index contributed by atoms with van der Waals surface area (Å²) in [6, 6.07) is 11.5. The van der Waals surface area contributed by atoms with E-state index in [2.05, 4.69) is 21.6 Å². The van der Waals surface area contributed by atoms with Gasteiger partial charge in [-0.3, -0.25) is 9.59 Å². The molecule has 150 valence electrons. The van der Waals surface area contributed by atoms with E-state index in [1.807, 2.05) is 23.4 Å². The average molecular weight is 428 g/mol. The maximum absolute atomic E-state index is 13.1. The number of aryl methyl sites for hydroxylation is 1. The van der Waals surface area contributed by atoms with Gasteiger partial charge in [-0.2, -0.15) is 0 Å². The molecule has 0 saturated heterocycles. The van der Waals surface area contributed by atoms with E-state index in [0.29, 0.717) is 29.0 Å². The zero-order chi connectivity index (χ0) is 20.2. The fourth-order valence-electron chi connectivity index (χ4n) is 2.95. The van der Waals surface area contributed by atoms with Gasteiger partial charge in [-0.05, 0) is 42.5 Å². The molecular weight excluding hydrogens is 406 g/mol. The minimum Gasteiger partial charge on any atom is -0.331 e. The van der Waals surface area contributed by atoms with Crippen LogP contribution in [0.3, 0.4) is 0 Å². The highest BCUT2D eigenvalue weighted by molar-refractivity contribution is 7.99. The summed E-state index contributed by atoms with van der Waals surface area (Å²) < 4.78 is 1.76. The van der Waals surface area contributed by atoms with Crippen molar-refractivity contribution in [2.24, 2.45) is 7.05 Å². The highest BCUT2D eigenvalue weighted by Crippen LogP contribution is 2.31. The SMILES string of the molecule is Cn1cnnc1SCC(=O)Nc1cccc(C(=O)N(Cc2cccs2)C2CC2)c1. The Bertz CT molecular complexity index is 998. The molecule has 7 nitrogen and oxygen atoms in total. The van der Waals surface area contributed by atoms with Gasteiger partial charge in [0.2, 0.25) is 5.91 Å². The van der Waals surface area contributed by atoms with Gasteiger partial charge in [0.25, 0.3) is 5.91 Å². The monoisotopic (exact) mass is 427 g/mol. The van der Waals surface area contributed by atoms with Crippen LogP contribution in [-0.2, 0) is 18.4 Å². The van der Waals surface area contributed by atoms with E-state index >= 15 is 0 Å². The summed E-state index contributed by atoms with van der Waals surface area (Å²) in [5.41, 5.74) is 1.21. The lowest BCUT2D eigenvalue weighted by Gasteiger charge is -2.22. The van der Waals surface area contributed by atoms with Gasteiger partial charge >= 0.3 is 0 Å². The van der Waals surface area contributed by atoms with Crippen LogP contribution in [0.4, 0.5) is 5.69 Å². The minimum absolute atomic E-state index is 0.00505. The Labute approximate surface area is 177 Å². The molecule has 0 aliphatic heterocycles. The molecule has 0 spiro atoms. The number of hydrogen-bond donors (Lipinski definition) is 1. The van der Waals surface area contributed by atoms with Crippen LogP contribution >= 0.6 is 23.1 Å². The zero-order valence-corrected chi connectivity index (χ0v) is 17.6. The molecule has 2 amide bonds. The Balaban J connectivity index is 1.40. The van der Waals surface area contributed by atoms with Crippen LogP contribution in [0.5, 0.6) is 0 Å². The molecule has 1 aliphatic rings. The van der Waals surface area contributed by atoms with Crippen LogP contribution in [0, 0.1) is 0 Å². The Morgan fingerprint density at radius 3 is 2.86 bits per heavy atom. The molecule has 1 fully saturated rings. The van der Waals surface area contributed by atoms with Crippen LogP contribution in [0.25, 0.3) is 0 Å². The van der Waals surface area contributed by atoms with E-state index in [4.69, 9.17) is 0 Å². The molecule has 1 saturated carbocycles. The summed E-state index contributed by atoms with van der Waals surface area (Å²) in [6.07, 6.45) is 3.69. The summed E-state index contributed by atoms with van der Waals surface area (Å²) in [6.45, 7) is 0.631. The van der Waals surface area contributed by atoms with Crippen molar-refractivity contribution in [3.63, 3.8) is 0 Å². The van der Waals surface area contributed by atoms with E-state index in [9.17, 15) is 9.59 Å². The third-order valence-corrected chi connectivity index (χ3v) is 6.45. The second-order valence-electron chi connectivity index (χ2n) is 6.89. The highest BCUT2D eigenvalue weighted by atomic mass is 32.2. The van der Waals surface area contributed by atoms with Gasteiger partial charge in [0, 0.05) is 29.2 Å². The fraction of sp³-hybridized carbons (Fsp3) is 0.300. The Kier molecular flexibility index (Phi) is 5.96. The number of benzene rings is 1. The van der Waals surface area contributed by atoms with Gasteiger partial charge in [-0.15, -0.1) is 21.5 Å². The lowest BCUT2D eigenvalue weighted by atomic mass is 10.1. The van der Waals surface area contributed by atoms with Crippen LogP contribution in [0.2, 0.25) is 0 Å². The number of nitrogens with zero attached hydrogens (tertiary/aromatic N) is 4. The molecule has 0 atom stereocenters. The molecule has 9 heteroatoms. The molecule has 2 aromatic heterocycles. The second-order valence-corrected chi connectivity index (χ2v) is 8.86. The predicted octanol–water partition coefficient (Wildman–Crippen LogP) is 3.41. The summed E-state index contributed by atoms with van der Waals surface area (Å²) in [7, 11) is 1.83. The van der Waals surface area contributed by atoms with Gasteiger partial charge in [-0.1, -0.05) is 23.9 Å². The Hall–Kier alpha value is -2.65. The molecule has 4 rings (SSSR count). The molecule has 0 bridgehead atoms. The van der Waals surface area contributed by atoms with E-state index < -0.39 is 0 Å². The number of rotatable bonds is 8. The first-order valence-electron chi connectivity index (χ1n) is 9.30. The number of aromatic nitrogens is 3. The largest absolute Gasteiger partial charge is 0.331 e. The smallest absolute Gasteiger partial charge is 0.254 e. The highest BCUT2D eigenvalue weighted by Gasteiger charge is 2.33. The van der Waals surface area contributed by atoms with E-state index in [-0.39, 0.29) is 17.6 Å². The third kappa shape index (κ3) is 5.04. The van der Waals surface area contributed by atoms with Crippen molar-refractivity contribution in [3.05, 3.63) is 58.5 Å². The maximum atomic E-state index is 13.1. The maximum Gasteiger partial charge on any atom is 0.254 e. The lowest BCUT2D eigenvalue weighted by molar-refractivity contribution is -0.113. The summed E-state index contributed by atoms with van der Waals surface area (Å²) in [4.78, 5) is 28.5. The van der Waals surface area contributed by atoms with Crippen LogP contribution in [0.15, 0.2) is 53.3 Å². The van der Waals surface area contributed by atoms with Crippen molar-refractivity contribution in [3.8, 4) is 0 Å². The first-order chi connectivity index (χ1) is 14.1. The molecule has 1 aromatic carbocycles. The van der Waals surface area contributed by atoms with Crippen molar-refractivity contribution >= 4 is 40.6 Å². The number of carbonyl (C=O) groups is 2. The summed E-state index contributed by atoms with van der Waals surface area (Å²) in [5, 5.41) is 13.3. The molecule has 1 aliphatic carbocycles. The Morgan fingerprint density at radius 2 is 2.17 bits per heavy atom. The number of carbonyl (C=O) groups excluding carboxylic acids is 2. The van der Waals surface area contributed by atoms with Gasteiger partial charge in [0.1, 0.15) is 6.33 Å². The van der Waals surface area contributed by atoms with E-state index in [1.54, 1.807) is 46.5 Å². The molecule has 1 N–H and O–H groups in total. The molecule has 2 heterocycles. The minimum atomic E-state index is -0.153. The number of amides is 2. The first kappa shape index (κ1) is 19.7. The normalized spacial score (nSPS) is 13.3. The van der Waals surface area contributed by atoms with Crippen LogP contribution in [-0.4, -0.2) is 43.3 Å². The fourth-order valence-corrected chi connectivity index (χ4v) is 4.34. The summed E-state index contributed by atoms with van der Waals surface area (Å²) in [5.74, 6) is 0.0720. The van der Waals surface area contributed by atoms with Crippen molar-refractivity contribution in [1.29, 1.82) is 0 Å². The average Bonchev–Trinajstić information content (AvgIpc) is 3.26. The first-order valence-corrected chi connectivity index (χ1v) is 11.2. The Morgan fingerprint density at radius 1 is 1.31 bits per heavy atom. The number of thiophene rings is 1. The summed E-state index contributed by atoms with van der Waals surface area (Å²) >= 11 is 2.98. The van der Waals surface area contributed by atoms with Crippen LogP contribution in [0.1, 0.15) is 28.1 Å². The van der Waals surface area contributed by atoms with E-state index in [0.717, 1.165) is 12.8 Å². The molecule has 0 radical (unpaired) electrons. The number of nitrogens with one attached hydrogen (secondary N) is 1. The number of anilines is 1. The predicted molar refractivity (Wildman–Crippen MR) is 114 cm³/mol. The zero-order valence-electron chi connectivity index (χ0n) is 15.9. The van der Waals surface area contributed by atoms with Crippen molar-refractivity contribution < 1.29 is 9.59 Å². The molecule has 3 aromatic rings. The molecular formula is C20H21N5O2S2. The molecule has 29 heavy (non-hydrogen) atoms. The quantitative estimate of drug-likeness (QED) is 0.557. The van der Waals surface area contributed by atoms with Crippen molar-refractivity contribution in [1.82, 2.24) is 19.7 Å². The van der Waals surface area contributed by atoms with Gasteiger partial charge in [0.05, 0.1) is 12.3 Å². The third-order valence-electron chi connectivity index (χ3n) is 4.55. The topological polar surface area (TPSA) is 80.1 Å². The van der Waals surface area contributed by atoms with Gasteiger partial charge < -0.3 is 14.8 Å². The van der Waals surface area contributed by atoms with Crippen molar-refractivity contribution in [2.75, 3.05) is 11.1 Å². The van der Waals surface area contributed by atoms with Gasteiger partial charge in [0.15, 0.2) is 5.16 Å². The number of hydrogen-bond acceptors (Lipinski definition) is 6. The van der Waals surface area contributed by atoms with E-state index in [1.165, 1.54) is 16.6 Å². The molecule has 0 unspecified atom stereocenters. The van der Waals surface area contributed by atoms with Gasteiger partial charge in [-0.25, -0.2) is 0 Å². The standard InChI is InChI=1S/C20H21N5O2S2/c1-24-13-21-23-20(24)29-12-18(26)22-15-5-2-4-14(10-15)19(27)25(16-7-8-16)11-17-6-3-9-28-17/h2-6,9-10,13,16H,7-8,11-12H2,1H3,(H,22,26). The lowest BCUT2D eigenvalue weighted by Crippen LogP contribution is -2.32. The number of thioether (sulfide) groups is 1. The van der Waals surface area contributed by atoms with Crippen LogP contribution < -0.4 is 5.32 Å². The second kappa shape index (κ2) is 8.79. The van der Waals surface area contributed by atoms with Crippen molar-refractivity contribution in [2.45, 2.75) is 30.6 Å².